The van der Waals surface area contributed by atoms with Gasteiger partial charge in [0.1, 0.15) is 11.3 Å². The summed E-state index contributed by atoms with van der Waals surface area (Å²) in [4.78, 5) is 21.8. The molecule has 0 saturated heterocycles. The van der Waals surface area contributed by atoms with E-state index in [0.717, 1.165) is 10.8 Å². The van der Waals surface area contributed by atoms with E-state index in [-0.39, 0.29) is 18.0 Å². The van der Waals surface area contributed by atoms with E-state index in [1.807, 2.05) is 0 Å². The number of phenolic OH excluding ortho intramolecular Hbond substituents is 1. The van der Waals surface area contributed by atoms with Crippen molar-refractivity contribution in [1.82, 2.24) is 0 Å². The molecule has 5 heteroatoms. The van der Waals surface area contributed by atoms with Gasteiger partial charge in [-0.3, -0.25) is 4.79 Å². The summed E-state index contributed by atoms with van der Waals surface area (Å²) in [7, 11) is 0. The molecule has 3 rings (SSSR count). The maximum absolute atomic E-state index is 11.5. The van der Waals surface area contributed by atoms with Gasteiger partial charge in [0.2, 0.25) is 5.75 Å². The van der Waals surface area contributed by atoms with Crippen LogP contribution in [-0.2, 0) is 4.79 Å². The molecule has 0 fully saturated rings. The van der Waals surface area contributed by atoms with E-state index in [9.17, 15) is 14.7 Å². The van der Waals surface area contributed by atoms with Gasteiger partial charge in [0, 0.05) is 5.39 Å². The molecule has 19 heavy (non-hydrogen) atoms. The van der Waals surface area contributed by atoms with E-state index in [0.29, 0.717) is 11.0 Å². The highest BCUT2D eigenvalue weighted by atomic mass is 16.5. The predicted octanol–water partition coefficient (Wildman–Crippen LogP) is 2.19. The standard InChI is InChI=1S/C14H8O5/c15-7-18-13-6-10-3-8-1-2-11(16)4-9(8)5-12(10)19-14(13)17/h1-7,16H. The van der Waals surface area contributed by atoms with Crippen LogP contribution in [0.15, 0.2) is 45.6 Å². The molecule has 0 atom stereocenters. The lowest BCUT2D eigenvalue weighted by atomic mass is 10.1. The fourth-order valence-corrected chi connectivity index (χ4v) is 1.97. The minimum atomic E-state index is -0.723. The Balaban J connectivity index is 2.34. The Labute approximate surface area is 106 Å². The van der Waals surface area contributed by atoms with Gasteiger partial charge in [-0.25, -0.2) is 4.79 Å². The number of fused-ring (bicyclic) bond motifs is 2. The van der Waals surface area contributed by atoms with Crippen molar-refractivity contribution < 1.29 is 19.1 Å². The lowest BCUT2D eigenvalue weighted by Gasteiger charge is -2.03. The van der Waals surface area contributed by atoms with Crippen LogP contribution in [0.5, 0.6) is 11.5 Å². The highest BCUT2D eigenvalue weighted by Gasteiger charge is 2.07. The molecule has 1 aromatic heterocycles. The van der Waals surface area contributed by atoms with Gasteiger partial charge in [0.05, 0.1) is 0 Å². The third kappa shape index (κ3) is 1.91. The predicted molar refractivity (Wildman–Crippen MR) is 68.3 cm³/mol. The quantitative estimate of drug-likeness (QED) is 0.432. The Hall–Kier alpha value is -2.82. The molecule has 94 valence electrons. The summed E-state index contributed by atoms with van der Waals surface area (Å²) in [5, 5.41) is 11.7. The van der Waals surface area contributed by atoms with Gasteiger partial charge in [-0.2, -0.15) is 0 Å². The Morgan fingerprint density at radius 1 is 1.05 bits per heavy atom. The first-order valence-electron chi connectivity index (χ1n) is 5.48. The van der Waals surface area contributed by atoms with E-state index in [1.165, 1.54) is 6.07 Å². The summed E-state index contributed by atoms with van der Waals surface area (Å²) in [6, 6.07) is 9.76. The zero-order chi connectivity index (χ0) is 13.4. The van der Waals surface area contributed by atoms with Crippen LogP contribution in [0.4, 0.5) is 0 Å². The molecular weight excluding hydrogens is 248 g/mol. The van der Waals surface area contributed by atoms with Gasteiger partial charge < -0.3 is 14.3 Å². The zero-order valence-electron chi connectivity index (χ0n) is 9.62. The molecule has 1 N–H and O–H groups in total. The van der Waals surface area contributed by atoms with Crippen LogP contribution >= 0.6 is 0 Å². The summed E-state index contributed by atoms with van der Waals surface area (Å²) in [5.74, 6) is -0.0178. The first-order valence-corrected chi connectivity index (χ1v) is 5.48. The first-order chi connectivity index (χ1) is 9.17. The number of phenols is 1. The van der Waals surface area contributed by atoms with Gasteiger partial charge in [-0.15, -0.1) is 0 Å². The summed E-state index contributed by atoms with van der Waals surface area (Å²) < 4.78 is 9.62. The Morgan fingerprint density at radius 3 is 2.68 bits per heavy atom. The van der Waals surface area contributed by atoms with Crippen molar-refractivity contribution in [3.8, 4) is 11.5 Å². The maximum atomic E-state index is 11.5. The van der Waals surface area contributed by atoms with Gasteiger partial charge in [0.15, 0.2) is 0 Å². The number of ether oxygens (including phenoxy) is 1. The summed E-state index contributed by atoms with van der Waals surface area (Å²) in [6.07, 6.45) is 0. The highest BCUT2D eigenvalue weighted by molar-refractivity contribution is 5.96. The molecule has 5 nitrogen and oxygen atoms in total. The van der Waals surface area contributed by atoms with Crippen LogP contribution < -0.4 is 10.4 Å². The van der Waals surface area contributed by atoms with Crippen molar-refractivity contribution in [2.75, 3.05) is 0 Å². The van der Waals surface area contributed by atoms with Gasteiger partial charge in [0.25, 0.3) is 6.47 Å². The third-order valence-electron chi connectivity index (χ3n) is 2.82. The number of carbonyl (C=O) groups excluding carboxylic acids is 1. The zero-order valence-corrected chi connectivity index (χ0v) is 9.62. The molecule has 0 saturated carbocycles. The van der Waals surface area contributed by atoms with E-state index in [4.69, 9.17) is 4.42 Å². The summed E-state index contributed by atoms with van der Waals surface area (Å²) >= 11 is 0. The molecule has 0 amide bonds. The van der Waals surface area contributed by atoms with E-state index in [1.54, 1.807) is 30.3 Å². The Bertz CT molecular complexity index is 847. The van der Waals surface area contributed by atoms with Crippen LogP contribution in [0.2, 0.25) is 0 Å². The van der Waals surface area contributed by atoms with E-state index < -0.39 is 5.63 Å². The van der Waals surface area contributed by atoms with Crippen molar-refractivity contribution in [2.24, 2.45) is 0 Å². The molecule has 2 aromatic carbocycles. The average molecular weight is 256 g/mol. The van der Waals surface area contributed by atoms with Crippen molar-refractivity contribution >= 4 is 28.2 Å². The van der Waals surface area contributed by atoms with Crippen LogP contribution in [0, 0.1) is 0 Å². The minimum Gasteiger partial charge on any atom is -0.508 e. The molecule has 3 aromatic rings. The third-order valence-corrected chi connectivity index (χ3v) is 2.82. The van der Waals surface area contributed by atoms with Crippen molar-refractivity contribution in [2.45, 2.75) is 0 Å². The van der Waals surface area contributed by atoms with E-state index >= 15 is 0 Å². The average Bonchev–Trinajstić information content (AvgIpc) is 2.38. The second kappa shape index (κ2) is 4.13. The number of hydrogen-bond acceptors (Lipinski definition) is 5. The summed E-state index contributed by atoms with van der Waals surface area (Å²) in [6.45, 7) is 0.178. The smallest absolute Gasteiger partial charge is 0.379 e. The molecule has 0 unspecified atom stereocenters. The number of carbonyl (C=O) groups is 1. The van der Waals surface area contributed by atoms with Crippen molar-refractivity contribution in [3.63, 3.8) is 0 Å². The number of rotatable bonds is 2. The maximum Gasteiger partial charge on any atom is 0.379 e. The fraction of sp³-hybridized carbons (Fsp3) is 0. The Morgan fingerprint density at radius 2 is 1.89 bits per heavy atom. The second-order valence-corrected chi connectivity index (χ2v) is 4.03. The molecule has 0 aliphatic heterocycles. The van der Waals surface area contributed by atoms with Gasteiger partial charge >= 0.3 is 5.63 Å². The van der Waals surface area contributed by atoms with Crippen molar-refractivity contribution in [1.29, 1.82) is 0 Å². The number of hydrogen-bond donors (Lipinski definition) is 1. The molecular formula is C14H8O5. The normalized spacial score (nSPS) is 10.7. The van der Waals surface area contributed by atoms with Crippen LogP contribution in [0.3, 0.4) is 0 Å². The van der Waals surface area contributed by atoms with Crippen molar-refractivity contribution in [3.05, 3.63) is 46.8 Å². The SMILES string of the molecule is O=COc1cc2cc3ccc(O)cc3cc2oc1=O. The minimum absolute atomic E-state index is 0.134. The van der Waals surface area contributed by atoms with Crippen LogP contribution in [-0.4, -0.2) is 11.6 Å². The molecule has 0 radical (unpaired) electrons. The lowest BCUT2D eigenvalue weighted by molar-refractivity contribution is -0.120. The lowest BCUT2D eigenvalue weighted by Crippen LogP contribution is -2.04. The first kappa shape index (κ1) is 11.3. The van der Waals surface area contributed by atoms with Crippen LogP contribution in [0.1, 0.15) is 0 Å². The van der Waals surface area contributed by atoms with Crippen LogP contribution in [0.25, 0.3) is 21.7 Å². The molecule has 0 aliphatic rings. The molecule has 0 bridgehead atoms. The van der Waals surface area contributed by atoms with Gasteiger partial charge in [-0.05, 0) is 41.1 Å². The highest BCUT2D eigenvalue weighted by Crippen LogP contribution is 2.26. The number of aromatic hydroxyl groups is 1. The topological polar surface area (TPSA) is 76.7 Å². The second-order valence-electron chi connectivity index (χ2n) is 4.03. The number of benzene rings is 2. The summed E-state index contributed by atoms with van der Waals surface area (Å²) in [5.41, 5.74) is -0.361. The van der Waals surface area contributed by atoms with Gasteiger partial charge in [-0.1, -0.05) is 6.07 Å². The molecule has 1 heterocycles. The Kier molecular flexibility index (Phi) is 2.45. The fourth-order valence-electron chi connectivity index (χ4n) is 1.97. The van der Waals surface area contributed by atoms with E-state index in [2.05, 4.69) is 4.74 Å². The molecule has 0 aliphatic carbocycles. The largest absolute Gasteiger partial charge is 0.508 e. The monoisotopic (exact) mass is 256 g/mol. The molecule has 0 spiro atoms.